The van der Waals surface area contributed by atoms with Crippen molar-refractivity contribution in [2.45, 2.75) is 13.2 Å². The van der Waals surface area contributed by atoms with E-state index in [0.29, 0.717) is 33.3 Å². The van der Waals surface area contributed by atoms with E-state index in [0.717, 1.165) is 11.1 Å². The molecule has 0 atom stereocenters. The van der Waals surface area contributed by atoms with Gasteiger partial charge in [-0.25, -0.2) is 9.97 Å². The molecule has 1 N–H and O–H groups in total. The minimum absolute atomic E-state index is 0.0806. The summed E-state index contributed by atoms with van der Waals surface area (Å²) in [7, 11) is 1.57. The first kappa shape index (κ1) is 17.3. The lowest BCUT2D eigenvalue weighted by atomic mass is 10.1. The highest BCUT2D eigenvalue weighted by Crippen LogP contribution is 2.26. The third-order valence-corrected chi connectivity index (χ3v) is 5.07. The fourth-order valence-electron chi connectivity index (χ4n) is 3.67. The number of aromatic nitrogens is 5. The van der Waals surface area contributed by atoms with Gasteiger partial charge < -0.3 is 9.84 Å². The Hall–Kier alpha value is -3.78. The number of methoxy groups -OCH3 is 1. The number of nitrogens with zero attached hydrogens (tertiary/aromatic N) is 5. The summed E-state index contributed by atoms with van der Waals surface area (Å²) in [6.07, 6.45) is 6.59. The molecule has 0 unspecified atom stereocenters. The number of pyridine rings is 2. The molecule has 0 fully saturated rings. The van der Waals surface area contributed by atoms with Crippen molar-refractivity contribution >= 4 is 27.6 Å². The average molecular weight is 387 g/mol. The Kier molecular flexibility index (Phi) is 3.99. The van der Waals surface area contributed by atoms with Crippen LogP contribution in [0.4, 0.5) is 0 Å². The highest BCUT2D eigenvalue weighted by atomic mass is 16.5. The number of ether oxygens (including phenoxy) is 1. The Morgan fingerprint density at radius 1 is 1.10 bits per heavy atom. The van der Waals surface area contributed by atoms with Crippen LogP contribution < -0.4 is 10.3 Å². The van der Waals surface area contributed by atoms with Gasteiger partial charge in [0.05, 0.1) is 25.6 Å². The molecule has 0 radical (unpaired) electrons. The van der Waals surface area contributed by atoms with Gasteiger partial charge in [0, 0.05) is 29.5 Å². The molecule has 29 heavy (non-hydrogen) atoms. The number of rotatable bonds is 4. The van der Waals surface area contributed by atoms with E-state index in [2.05, 4.69) is 9.97 Å². The van der Waals surface area contributed by atoms with Crippen molar-refractivity contribution in [2.24, 2.45) is 0 Å². The summed E-state index contributed by atoms with van der Waals surface area (Å²) >= 11 is 0. The predicted octanol–water partition coefficient (Wildman–Crippen LogP) is 2.14. The van der Waals surface area contributed by atoms with Crippen LogP contribution in [0.3, 0.4) is 0 Å². The van der Waals surface area contributed by atoms with Crippen molar-refractivity contribution in [1.29, 1.82) is 0 Å². The molecule has 5 rings (SSSR count). The first-order valence-electron chi connectivity index (χ1n) is 9.06. The second kappa shape index (κ2) is 6.68. The van der Waals surface area contributed by atoms with Crippen LogP contribution >= 0.6 is 0 Å². The molecule has 144 valence electrons. The van der Waals surface area contributed by atoms with Gasteiger partial charge in [0.1, 0.15) is 28.9 Å². The Morgan fingerprint density at radius 2 is 1.97 bits per heavy atom. The predicted molar refractivity (Wildman–Crippen MR) is 108 cm³/mol. The van der Waals surface area contributed by atoms with Gasteiger partial charge in [-0.05, 0) is 23.8 Å². The molecule has 0 amide bonds. The topological polar surface area (TPSA) is 94.5 Å². The molecule has 0 saturated heterocycles. The molecule has 0 bridgehead atoms. The number of benzene rings is 1. The zero-order valence-corrected chi connectivity index (χ0v) is 15.6. The van der Waals surface area contributed by atoms with E-state index in [1.54, 1.807) is 59.2 Å². The van der Waals surface area contributed by atoms with Crippen LogP contribution in [-0.4, -0.2) is 36.1 Å². The van der Waals surface area contributed by atoms with Crippen LogP contribution in [0.25, 0.3) is 27.6 Å². The molecule has 0 aliphatic rings. The standard InChI is InChI=1S/C21H17N5O3/c1-29-17-8-13(11-27)2-3-14(17)10-25-20-19(24-18-5-7-23-12-26(18)20)16-9-22-6-4-15(16)21(25)28/h2-9,12,27H,10-11H2,1H3. The van der Waals surface area contributed by atoms with E-state index < -0.39 is 0 Å². The van der Waals surface area contributed by atoms with Crippen molar-refractivity contribution in [2.75, 3.05) is 7.11 Å². The van der Waals surface area contributed by atoms with Crippen molar-refractivity contribution in [3.05, 3.63) is 76.7 Å². The molecule has 0 spiro atoms. The van der Waals surface area contributed by atoms with Crippen LogP contribution in [0.15, 0.2) is 60.0 Å². The first-order chi connectivity index (χ1) is 14.2. The molecule has 0 aliphatic carbocycles. The molecule has 1 aromatic carbocycles. The molecular weight excluding hydrogens is 370 g/mol. The number of fused-ring (bicyclic) bond motifs is 5. The zero-order valence-electron chi connectivity index (χ0n) is 15.6. The smallest absolute Gasteiger partial charge is 0.260 e. The lowest BCUT2D eigenvalue weighted by Crippen LogP contribution is -2.22. The SMILES string of the molecule is COc1cc(CO)ccc1Cn1c(=O)c2ccncc2c2nc3ccncn3c21. The second-order valence-electron chi connectivity index (χ2n) is 6.71. The fourth-order valence-corrected chi connectivity index (χ4v) is 3.67. The third kappa shape index (κ3) is 2.65. The van der Waals surface area contributed by atoms with Gasteiger partial charge in [0.15, 0.2) is 0 Å². The van der Waals surface area contributed by atoms with Crippen LogP contribution in [-0.2, 0) is 13.2 Å². The highest BCUT2D eigenvalue weighted by molar-refractivity contribution is 6.03. The maximum Gasteiger partial charge on any atom is 0.260 e. The zero-order chi connectivity index (χ0) is 20.0. The number of hydrogen-bond donors (Lipinski definition) is 1. The summed E-state index contributed by atoms with van der Waals surface area (Å²) in [6.45, 7) is 0.202. The molecule has 0 saturated carbocycles. The van der Waals surface area contributed by atoms with E-state index >= 15 is 0 Å². The molecule has 8 heteroatoms. The molecule has 4 heterocycles. The summed E-state index contributed by atoms with van der Waals surface area (Å²) in [5.41, 5.74) is 3.45. The molecule has 4 aromatic heterocycles. The monoisotopic (exact) mass is 387 g/mol. The van der Waals surface area contributed by atoms with Gasteiger partial charge in [0.25, 0.3) is 5.56 Å². The van der Waals surface area contributed by atoms with Crippen LogP contribution in [0.5, 0.6) is 5.75 Å². The normalized spacial score (nSPS) is 11.5. The summed E-state index contributed by atoms with van der Waals surface area (Å²) in [5.74, 6) is 0.610. The van der Waals surface area contributed by atoms with Gasteiger partial charge in [0.2, 0.25) is 0 Å². The van der Waals surface area contributed by atoms with E-state index in [-0.39, 0.29) is 18.7 Å². The first-order valence-corrected chi connectivity index (χ1v) is 9.06. The third-order valence-electron chi connectivity index (χ3n) is 5.07. The average Bonchev–Trinajstić information content (AvgIpc) is 3.16. The minimum atomic E-state index is -0.145. The number of imidazole rings is 1. The highest BCUT2D eigenvalue weighted by Gasteiger charge is 2.18. The van der Waals surface area contributed by atoms with E-state index in [4.69, 9.17) is 9.72 Å². The van der Waals surface area contributed by atoms with Gasteiger partial charge in [-0.1, -0.05) is 12.1 Å². The van der Waals surface area contributed by atoms with Gasteiger partial charge >= 0.3 is 0 Å². The van der Waals surface area contributed by atoms with Gasteiger partial charge in [-0.2, -0.15) is 0 Å². The fraction of sp³-hybridized carbons (Fsp3) is 0.143. The minimum Gasteiger partial charge on any atom is -0.496 e. The van der Waals surface area contributed by atoms with Crippen molar-refractivity contribution in [1.82, 2.24) is 23.9 Å². The number of aliphatic hydroxyl groups excluding tert-OH is 1. The lowest BCUT2D eigenvalue weighted by Gasteiger charge is -2.14. The Balaban J connectivity index is 1.85. The van der Waals surface area contributed by atoms with E-state index in [1.807, 2.05) is 12.1 Å². The Labute approximate surface area is 164 Å². The molecule has 8 nitrogen and oxygen atoms in total. The number of aliphatic hydroxyl groups is 1. The van der Waals surface area contributed by atoms with Crippen molar-refractivity contribution < 1.29 is 9.84 Å². The Bertz CT molecular complexity index is 1440. The molecule has 5 aromatic rings. The van der Waals surface area contributed by atoms with Crippen LogP contribution in [0.1, 0.15) is 11.1 Å². The van der Waals surface area contributed by atoms with Gasteiger partial charge in [-0.3, -0.25) is 18.7 Å². The summed E-state index contributed by atoms with van der Waals surface area (Å²) < 4.78 is 8.98. The molecular formula is C21H17N5O3. The van der Waals surface area contributed by atoms with Crippen LogP contribution in [0.2, 0.25) is 0 Å². The maximum absolute atomic E-state index is 13.4. The quantitative estimate of drug-likeness (QED) is 0.508. The second-order valence-corrected chi connectivity index (χ2v) is 6.71. The number of hydrogen-bond acceptors (Lipinski definition) is 6. The Morgan fingerprint density at radius 3 is 2.79 bits per heavy atom. The van der Waals surface area contributed by atoms with Crippen molar-refractivity contribution in [3.63, 3.8) is 0 Å². The van der Waals surface area contributed by atoms with Crippen molar-refractivity contribution in [3.8, 4) is 5.75 Å². The summed E-state index contributed by atoms with van der Waals surface area (Å²) in [5, 5.41) is 10.7. The summed E-state index contributed by atoms with van der Waals surface area (Å²) in [6, 6.07) is 8.97. The summed E-state index contributed by atoms with van der Waals surface area (Å²) in [4.78, 5) is 26.5. The van der Waals surface area contributed by atoms with Crippen LogP contribution in [0, 0.1) is 0 Å². The molecule has 0 aliphatic heterocycles. The largest absolute Gasteiger partial charge is 0.496 e. The van der Waals surface area contributed by atoms with E-state index in [1.165, 1.54) is 0 Å². The lowest BCUT2D eigenvalue weighted by molar-refractivity contribution is 0.281. The maximum atomic E-state index is 13.4. The van der Waals surface area contributed by atoms with E-state index in [9.17, 15) is 9.90 Å². The van der Waals surface area contributed by atoms with Gasteiger partial charge in [-0.15, -0.1) is 0 Å².